The van der Waals surface area contributed by atoms with Gasteiger partial charge in [-0.1, -0.05) is 0 Å². The summed E-state index contributed by atoms with van der Waals surface area (Å²) in [5, 5.41) is 16.2. The van der Waals surface area contributed by atoms with E-state index < -0.39 is 5.97 Å². The van der Waals surface area contributed by atoms with Gasteiger partial charge in [-0.05, 0) is 12.8 Å². The normalized spacial score (nSPS) is 10.6. The van der Waals surface area contributed by atoms with E-state index in [-0.39, 0.29) is 6.42 Å². The molecule has 0 aliphatic carbocycles. The van der Waals surface area contributed by atoms with Crippen molar-refractivity contribution in [1.29, 1.82) is 0 Å². The minimum Gasteiger partial charge on any atom is -0.481 e. The Morgan fingerprint density at radius 1 is 1.31 bits per heavy atom. The summed E-state index contributed by atoms with van der Waals surface area (Å²) in [5.41, 5.74) is 0. The molecule has 0 aromatic carbocycles. The second kappa shape index (κ2) is 6.95. The Bertz CT molecular complexity index is 324. The van der Waals surface area contributed by atoms with Gasteiger partial charge in [-0.15, -0.1) is 10.2 Å². The lowest BCUT2D eigenvalue weighted by atomic mass is 10.2. The summed E-state index contributed by atoms with van der Waals surface area (Å²) in [5.74, 6) is 0.288. The quantitative estimate of drug-likeness (QED) is 0.669. The largest absolute Gasteiger partial charge is 0.481 e. The van der Waals surface area contributed by atoms with Gasteiger partial charge >= 0.3 is 5.97 Å². The monoisotopic (exact) mass is 228 g/mol. The van der Waals surface area contributed by atoms with Crippen molar-refractivity contribution in [2.24, 2.45) is 0 Å². The summed E-state index contributed by atoms with van der Waals surface area (Å²) >= 11 is 0. The highest BCUT2D eigenvalue weighted by atomic mass is 16.5. The number of rotatable bonds is 8. The molecule has 0 atom stereocenters. The maximum atomic E-state index is 10.3. The summed E-state index contributed by atoms with van der Waals surface area (Å²) in [6.45, 7) is 0.663. The Morgan fingerprint density at radius 3 is 2.50 bits per heavy atom. The molecule has 90 valence electrons. The van der Waals surface area contributed by atoms with E-state index in [0.717, 1.165) is 6.42 Å². The van der Waals surface area contributed by atoms with E-state index in [0.29, 0.717) is 37.7 Å². The number of carbonyl (C=O) groups is 1. The molecule has 1 N–H and O–H groups in total. The second-order valence-corrected chi connectivity index (χ2v) is 3.43. The van der Waals surface area contributed by atoms with Gasteiger partial charge in [0, 0.05) is 33.0 Å². The lowest BCUT2D eigenvalue weighted by Crippen LogP contribution is -1.95. The highest BCUT2D eigenvalue weighted by molar-refractivity contribution is 5.66. The van der Waals surface area contributed by atoms with Crippen LogP contribution in [0.1, 0.15) is 31.0 Å². The minimum absolute atomic E-state index is 0.126. The fourth-order valence-electron chi connectivity index (χ4n) is 1.25. The molecule has 0 aliphatic rings. The lowest BCUT2D eigenvalue weighted by molar-refractivity contribution is -0.137. The van der Waals surface area contributed by atoms with E-state index in [1.807, 2.05) is 0 Å². The SMILES string of the molecule is COCCCc1nnc(CCCC(=O)O)o1. The fourth-order valence-corrected chi connectivity index (χ4v) is 1.25. The zero-order valence-corrected chi connectivity index (χ0v) is 9.31. The maximum Gasteiger partial charge on any atom is 0.303 e. The van der Waals surface area contributed by atoms with Gasteiger partial charge in [-0.3, -0.25) is 4.79 Å². The van der Waals surface area contributed by atoms with Crippen molar-refractivity contribution in [3.8, 4) is 0 Å². The van der Waals surface area contributed by atoms with Gasteiger partial charge in [0.15, 0.2) is 0 Å². The van der Waals surface area contributed by atoms with Crippen LogP contribution >= 0.6 is 0 Å². The molecule has 0 amide bonds. The number of ether oxygens (including phenoxy) is 1. The van der Waals surface area contributed by atoms with Crippen molar-refractivity contribution in [2.75, 3.05) is 13.7 Å². The summed E-state index contributed by atoms with van der Waals surface area (Å²) in [7, 11) is 1.64. The van der Waals surface area contributed by atoms with Crippen LogP contribution < -0.4 is 0 Å². The van der Waals surface area contributed by atoms with Crippen LogP contribution in [-0.4, -0.2) is 35.0 Å². The van der Waals surface area contributed by atoms with Crippen LogP contribution in [0.4, 0.5) is 0 Å². The van der Waals surface area contributed by atoms with Crippen LogP contribution in [0.3, 0.4) is 0 Å². The van der Waals surface area contributed by atoms with Gasteiger partial charge in [0.1, 0.15) is 0 Å². The van der Waals surface area contributed by atoms with E-state index in [9.17, 15) is 4.79 Å². The highest BCUT2D eigenvalue weighted by Crippen LogP contribution is 2.06. The Hall–Kier alpha value is -1.43. The topological polar surface area (TPSA) is 85.5 Å². The summed E-state index contributed by atoms with van der Waals surface area (Å²) in [6, 6.07) is 0. The zero-order chi connectivity index (χ0) is 11.8. The highest BCUT2D eigenvalue weighted by Gasteiger charge is 2.06. The average Bonchev–Trinajstić information content (AvgIpc) is 2.66. The molecular weight excluding hydrogens is 212 g/mol. The summed E-state index contributed by atoms with van der Waals surface area (Å²) in [6.07, 6.45) is 2.70. The second-order valence-electron chi connectivity index (χ2n) is 3.43. The molecule has 1 rings (SSSR count). The third-order valence-electron chi connectivity index (χ3n) is 2.03. The number of carboxylic acid groups (broad SMARTS) is 1. The Balaban J connectivity index is 2.25. The van der Waals surface area contributed by atoms with Crippen LogP contribution in [0.2, 0.25) is 0 Å². The molecule has 16 heavy (non-hydrogen) atoms. The van der Waals surface area contributed by atoms with E-state index in [1.165, 1.54) is 0 Å². The number of aromatic nitrogens is 2. The Kier molecular flexibility index (Phi) is 5.49. The van der Waals surface area contributed by atoms with Gasteiger partial charge in [0.05, 0.1) is 0 Å². The van der Waals surface area contributed by atoms with Gasteiger partial charge < -0.3 is 14.3 Å². The molecule has 6 heteroatoms. The number of hydrogen-bond donors (Lipinski definition) is 1. The summed E-state index contributed by atoms with van der Waals surface area (Å²) < 4.78 is 10.2. The summed E-state index contributed by atoms with van der Waals surface area (Å²) in [4.78, 5) is 10.3. The lowest BCUT2D eigenvalue weighted by Gasteiger charge is -1.94. The van der Waals surface area contributed by atoms with Crippen LogP contribution in [0.5, 0.6) is 0 Å². The molecule has 1 aromatic heterocycles. The molecular formula is C10H16N2O4. The first-order valence-corrected chi connectivity index (χ1v) is 5.24. The zero-order valence-electron chi connectivity index (χ0n) is 9.31. The first-order chi connectivity index (χ1) is 7.72. The van der Waals surface area contributed by atoms with Crippen molar-refractivity contribution in [3.05, 3.63) is 11.8 Å². The Labute approximate surface area is 93.6 Å². The molecule has 0 saturated heterocycles. The van der Waals surface area contributed by atoms with E-state index >= 15 is 0 Å². The van der Waals surface area contributed by atoms with Crippen molar-refractivity contribution < 1.29 is 19.1 Å². The first-order valence-electron chi connectivity index (χ1n) is 5.24. The molecule has 0 unspecified atom stereocenters. The molecule has 0 spiro atoms. The van der Waals surface area contributed by atoms with Gasteiger partial charge in [-0.2, -0.15) is 0 Å². The van der Waals surface area contributed by atoms with Gasteiger partial charge in [0.2, 0.25) is 11.8 Å². The molecule has 6 nitrogen and oxygen atoms in total. The van der Waals surface area contributed by atoms with Crippen molar-refractivity contribution in [2.45, 2.75) is 32.1 Å². The molecule has 0 radical (unpaired) electrons. The third-order valence-corrected chi connectivity index (χ3v) is 2.03. The van der Waals surface area contributed by atoms with Crippen LogP contribution in [0, 0.1) is 0 Å². The van der Waals surface area contributed by atoms with Gasteiger partial charge in [-0.25, -0.2) is 0 Å². The number of methoxy groups -OCH3 is 1. The minimum atomic E-state index is -0.806. The average molecular weight is 228 g/mol. The standard InChI is InChI=1S/C10H16N2O4/c1-15-7-3-5-9-12-11-8(16-9)4-2-6-10(13)14/h2-7H2,1H3,(H,13,14). The predicted octanol–water partition coefficient (Wildman–Crippen LogP) is 1.06. The predicted molar refractivity (Wildman–Crippen MR) is 55.1 cm³/mol. The Morgan fingerprint density at radius 2 is 1.94 bits per heavy atom. The molecule has 0 fully saturated rings. The molecule has 1 heterocycles. The molecule has 0 saturated carbocycles. The number of carboxylic acids is 1. The molecule has 0 aliphatic heterocycles. The smallest absolute Gasteiger partial charge is 0.303 e. The fraction of sp³-hybridized carbons (Fsp3) is 0.700. The maximum absolute atomic E-state index is 10.3. The molecule has 1 aromatic rings. The van der Waals surface area contributed by atoms with Crippen molar-refractivity contribution in [3.63, 3.8) is 0 Å². The number of aryl methyl sites for hydroxylation is 2. The van der Waals surface area contributed by atoms with Crippen LogP contribution in [0.25, 0.3) is 0 Å². The number of nitrogens with zero attached hydrogens (tertiary/aromatic N) is 2. The number of hydrogen-bond acceptors (Lipinski definition) is 5. The van der Waals surface area contributed by atoms with E-state index in [1.54, 1.807) is 7.11 Å². The first kappa shape index (κ1) is 12.6. The number of aliphatic carboxylic acids is 1. The van der Waals surface area contributed by atoms with Crippen molar-refractivity contribution >= 4 is 5.97 Å². The molecule has 0 bridgehead atoms. The van der Waals surface area contributed by atoms with E-state index in [2.05, 4.69) is 10.2 Å². The van der Waals surface area contributed by atoms with E-state index in [4.69, 9.17) is 14.3 Å². The van der Waals surface area contributed by atoms with Crippen LogP contribution in [-0.2, 0) is 22.4 Å². The van der Waals surface area contributed by atoms with Crippen molar-refractivity contribution in [1.82, 2.24) is 10.2 Å². The third kappa shape index (κ3) is 4.88. The van der Waals surface area contributed by atoms with Gasteiger partial charge in [0.25, 0.3) is 0 Å². The van der Waals surface area contributed by atoms with Crippen LogP contribution in [0.15, 0.2) is 4.42 Å².